The van der Waals surface area contributed by atoms with Crippen LogP contribution in [-0.4, -0.2) is 18.7 Å². The Kier molecular flexibility index (Phi) is 4.36. The van der Waals surface area contributed by atoms with Crippen molar-refractivity contribution < 1.29 is 4.74 Å². The van der Waals surface area contributed by atoms with Crippen molar-refractivity contribution in [3.63, 3.8) is 0 Å². The number of aryl methyl sites for hydroxylation is 1. The van der Waals surface area contributed by atoms with Crippen LogP contribution < -0.4 is 11.1 Å². The lowest BCUT2D eigenvalue weighted by Gasteiger charge is -2.13. The van der Waals surface area contributed by atoms with Crippen LogP contribution in [0, 0.1) is 6.92 Å². The summed E-state index contributed by atoms with van der Waals surface area (Å²) in [5.74, 6) is 0.699. The molecule has 0 spiro atoms. The third kappa shape index (κ3) is 3.23. The maximum absolute atomic E-state index is 6.03. The van der Waals surface area contributed by atoms with Crippen molar-refractivity contribution in [1.82, 2.24) is 4.98 Å². The number of hydrogen-bond acceptors (Lipinski definition) is 4. The number of nitrogen functional groups attached to an aromatic ring is 1. The van der Waals surface area contributed by atoms with E-state index in [2.05, 4.69) is 16.4 Å². The highest BCUT2D eigenvalue weighted by Gasteiger charge is 2.06. The van der Waals surface area contributed by atoms with Gasteiger partial charge in [-0.1, -0.05) is 18.2 Å². The predicted octanol–water partition coefficient (Wildman–Crippen LogP) is 2.90. The zero-order valence-corrected chi connectivity index (χ0v) is 11.3. The van der Waals surface area contributed by atoms with Gasteiger partial charge in [-0.25, -0.2) is 4.98 Å². The molecule has 4 heteroatoms. The topological polar surface area (TPSA) is 60.2 Å². The van der Waals surface area contributed by atoms with E-state index in [1.807, 2.05) is 31.2 Å². The van der Waals surface area contributed by atoms with E-state index in [-0.39, 0.29) is 0 Å². The fraction of sp³-hybridized carbons (Fsp3) is 0.267. The molecule has 0 atom stereocenters. The number of pyridine rings is 1. The lowest BCUT2D eigenvalue weighted by Crippen LogP contribution is -2.04. The Labute approximate surface area is 113 Å². The lowest BCUT2D eigenvalue weighted by molar-refractivity contribution is 0.202. The number of aromatic nitrogens is 1. The molecule has 0 unspecified atom stereocenters. The van der Waals surface area contributed by atoms with Crippen LogP contribution in [0.25, 0.3) is 0 Å². The zero-order valence-electron chi connectivity index (χ0n) is 11.3. The zero-order chi connectivity index (χ0) is 13.7. The smallest absolute Gasteiger partial charge is 0.153 e. The number of nitrogens with two attached hydrogens (primary N) is 1. The third-order valence-corrected chi connectivity index (χ3v) is 3.05. The second-order valence-corrected chi connectivity index (χ2v) is 4.42. The van der Waals surface area contributed by atoms with Gasteiger partial charge in [-0.3, -0.25) is 0 Å². The first-order chi connectivity index (χ1) is 9.22. The first kappa shape index (κ1) is 13.4. The second-order valence-electron chi connectivity index (χ2n) is 4.42. The molecule has 0 bridgehead atoms. The van der Waals surface area contributed by atoms with E-state index in [9.17, 15) is 0 Å². The van der Waals surface area contributed by atoms with Gasteiger partial charge in [-0.15, -0.1) is 0 Å². The van der Waals surface area contributed by atoms with Gasteiger partial charge in [-0.2, -0.15) is 0 Å². The molecule has 0 aliphatic heterocycles. The molecule has 0 aliphatic carbocycles. The van der Waals surface area contributed by atoms with Crippen molar-refractivity contribution in [2.45, 2.75) is 13.3 Å². The van der Waals surface area contributed by atoms with E-state index in [1.54, 1.807) is 13.3 Å². The van der Waals surface area contributed by atoms with Gasteiger partial charge in [0, 0.05) is 19.0 Å². The van der Waals surface area contributed by atoms with Gasteiger partial charge >= 0.3 is 0 Å². The van der Waals surface area contributed by atoms with Crippen molar-refractivity contribution in [1.29, 1.82) is 0 Å². The SMILES string of the molecule is COCCc1ccccc1Nc1nccc(C)c1N. The summed E-state index contributed by atoms with van der Waals surface area (Å²) in [6.07, 6.45) is 2.61. The van der Waals surface area contributed by atoms with Crippen LogP contribution in [0.4, 0.5) is 17.2 Å². The molecule has 2 rings (SSSR count). The maximum Gasteiger partial charge on any atom is 0.153 e. The summed E-state index contributed by atoms with van der Waals surface area (Å²) in [6, 6.07) is 10.0. The van der Waals surface area contributed by atoms with Gasteiger partial charge < -0.3 is 15.8 Å². The Morgan fingerprint density at radius 3 is 2.84 bits per heavy atom. The molecule has 0 amide bonds. The summed E-state index contributed by atoms with van der Waals surface area (Å²) >= 11 is 0. The number of ether oxygens (including phenoxy) is 1. The van der Waals surface area contributed by atoms with Crippen LogP contribution in [0.2, 0.25) is 0 Å². The highest BCUT2D eigenvalue weighted by atomic mass is 16.5. The van der Waals surface area contributed by atoms with E-state index in [4.69, 9.17) is 10.5 Å². The minimum atomic E-state index is 0.684. The molecule has 0 saturated heterocycles. The van der Waals surface area contributed by atoms with Crippen molar-refractivity contribution in [2.24, 2.45) is 0 Å². The standard InChI is InChI=1S/C15H19N3O/c1-11-7-9-17-15(14(11)16)18-13-6-4-3-5-12(13)8-10-19-2/h3-7,9H,8,10,16H2,1-2H3,(H,17,18). The van der Waals surface area contributed by atoms with Crippen LogP contribution in [0.15, 0.2) is 36.5 Å². The normalized spacial score (nSPS) is 10.4. The molecule has 100 valence electrons. The van der Waals surface area contributed by atoms with E-state index in [0.29, 0.717) is 18.1 Å². The summed E-state index contributed by atoms with van der Waals surface area (Å²) in [6.45, 7) is 2.66. The number of anilines is 3. The minimum Gasteiger partial charge on any atom is -0.396 e. The summed E-state index contributed by atoms with van der Waals surface area (Å²) in [4.78, 5) is 4.29. The largest absolute Gasteiger partial charge is 0.396 e. The number of para-hydroxylation sites is 1. The molecule has 0 fully saturated rings. The van der Waals surface area contributed by atoms with E-state index >= 15 is 0 Å². The second kappa shape index (κ2) is 6.20. The summed E-state index contributed by atoms with van der Waals surface area (Å²) in [5.41, 5.74) is 9.94. The van der Waals surface area contributed by atoms with Crippen LogP contribution >= 0.6 is 0 Å². The van der Waals surface area contributed by atoms with Crippen LogP contribution in [0.5, 0.6) is 0 Å². The number of nitrogens with zero attached hydrogens (tertiary/aromatic N) is 1. The van der Waals surface area contributed by atoms with E-state index < -0.39 is 0 Å². The summed E-state index contributed by atoms with van der Waals surface area (Å²) in [7, 11) is 1.70. The van der Waals surface area contributed by atoms with Crippen molar-refractivity contribution in [3.8, 4) is 0 Å². The fourth-order valence-electron chi connectivity index (χ4n) is 1.87. The Balaban J connectivity index is 2.25. The molecule has 0 radical (unpaired) electrons. The summed E-state index contributed by atoms with van der Waals surface area (Å²) in [5, 5.41) is 3.30. The van der Waals surface area contributed by atoms with Crippen LogP contribution in [0.1, 0.15) is 11.1 Å². The van der Waals surface area contributed by atoms with Gasteiger partial charge in [0.15, 0.2) is 5.82 Å². The molecule has 1 aromatic heterocycles. The Bertz CT molecular complexity index is 555. The van der Waals surface area contributed by atoms with Gasteiger partial charge in [-0.05, 0) is 36.6 Å². The molecule has 4 nitrogen and oxygen atoms in total. The van der Waals surface area contributed by atoms with Gasteiger partial charge in [0.05, 0.1) is 12.3 Å². The maximum atomic E-state index is 6.03. The molecule has 1 heterocycles. The molecule has 2 aromatic rings. The monoisotopic (exact) mass is 257 g/mol. The number of methoxy groups -OCH3 is 1. The van der Waals surface area contributed by atoms with Crippen molar-refractivity contribution in [2.75, 3.05) is 24.8 Å². The first-order valence-electron chi connectivity index (χ1n) is 6.27. The fourth-order valence-corrected chi connectivity index (χ4v) is 1.87. The first-order valence-corrected chi connectivity index (χ1v) is 6.27. The van der Waals surface area contributed by atoms with E-state index in [1.165, 1.54) is 5.56 Å². The van der Waals surface area contributed by atoms with Crippen LogP contribution in [0.3, 0.4) is 0 Å². The molecular weight excluding hydrogens is 238 g/mol. The van der Waals surface area contributed by atoms with Crippen molar-refractivity contribution >= 4 is 17.2 Å². The highest BCUT2D eigenvalue weighted by Crippen LogP contribution is 2.25. The molecule has 1 aromatic carbocycles. The van der Waals surface area contributed by atoms with E-state index in [0.717, 1.165) is 17.7 Å². The number of rotatable bonds is 5. The van der Waals surface area contributed by atoms with Gasteiger partial charge in [0.2, 0.25) is 0 Å². The number of nitrogens with one attached hydrogen (secondary N) is 1. The molecular formula is C15H19N3O. The average molecular weight is 257 g/mol. The molecule has 19 heavy (non-hydrogen) atoms. The Morgan fingerprint density at radius 2 is 2.05 bits per heavy atom. The summed E-state index contributed by atoms with van der Waals surface area (Å²) < 4.78 is 5.13. The van der Waals surface area contributed by atoms with Crippen LogP contribution in [-0.2, 0) is 11.2 Å². The number of hydrogen-bond donors (Lipinski definition) is 2. The minimum absolute atomic E-state index is 0.684. The van der Waals surface area contributed by atoms with Crippen molar-refractivity contribution in [3.05, 3.63) is 47.7 Å². The quantitative estimate of drug-likeness (QED) is 0.864. The number of benzene rings is 1. The molecule has 0 saturated carbocycles. The molecule has 3 N–H and O–H groups in total. The Morgan fingerprint density at radius 1 is 1.26 bits per heavy atom. The Hall–Kier alpha value is -2.07. The molecule has 0 aliphatic rings. The van der Waals surface area contributed by atoms with Gasteiger partial charge in [0.1, 0.15) is 0 Å². The lowest BCUT2D eigenvalue weighted by atomic mass is 10.1. The predicted molar refractivity (Wildman–Crippen MR) is 78.7 cm³/mol. The van der Waals surface area contributed by atoms with Gasteiger partial charge in [0.25, 0.3) is 0 Å². The highest BCUT2D eigenvalue weighted by molar-refractivity contribution is 5.72. The average Bonchev–Trinajstić information content (AvgIpc) is 2.43. The third-order valence-electron chi connectivity index (χ3n) is 3.05.